The zero-order valence-corrected chi connectivity index (χ0v) is 13.5. The van der Waals surface area contributed by atoms with E-state index in [9.17, 15) is 4.79 Å². The summed E-state index contributed by atoms with van der Waals surface area (Å²) in [5.41, 5.74) is 2.54. The van der Waals surface area contributed by atoms with Gasteiger partial charge in [-0.3, -0.25) is 14.5 Å². The van der Waals surface area contributed by atoms with E-state index in [0.717, 1.165) is 24.3 Å². The Kier molecular flexibility index (Phi) is 5.15. The molecule has 118 valence electrons. The molecule has 0 saturated carbocycles. The SMILES string of the molecule is Cc1cc(C(=O)N2CCNCC2c2cccnc2)n(C)n1.Cl. The highest BCUT2D eigenvalue weighted by Gasteiger charge is 2.30. The molecule has 0 aromatic carbocycles. The van der Waals surface area contributed by atoms with Crippen LogP contribution in [-0.2, 0) is 7.05 Å². The summed E-state index contributed by atoms with van der Waals surface area (Å²) in [5, 5.41) is 7.61. The van der Waals surface area contributed by atoms with E-state index < -0.39 is 0 Å². The van der Waals surface area contributed by atoms with E-state index in [2.05, 4.69) is 15.4 Å². The molecule has 3 heterocycles. The molecular weight excluding hydrogens is 302 g/mol. The number of amides is 1. The number of aryl methyl sites for hydroxylation is 2. The number of pyridine rings is 1. The molecule has 1 amide bonds. The van der Waals surface area contributed by atoms with E-state index in [0.29, 0.717) is 12.2 Å². The van der Waals surface area contributed by atoms with Crippen molar-refractivity contribution in [1.82, 2.24) is 25.0 Å². The number of carbonyl (C=O) groups excluding carboxylic acids is 1. The molecule has 6 nitrogen and oxygen atoms in total. The van der Waals surface area contributed by atoms with Gasteiger partial charge >= 0.3 is 0 Å². The molecule has 3 rings (SSSR count). The zero-order chi connectivity index (χ0) is 14.8. The van der Waals surface area contributed by atoms with Crippen LogP contribution in [0, 0.1) is 6.92 Å². The first-order chi connectivity index (χ1) is 10.2. The Bertz CT molecular complexity index is 643. The lowest BCUT2D eigenvalue weighted by Gasteiger charge is -2.36. The van der Waals surface area contributed by atoms with Crippen LogP contribution in [0.4, 0.5) is 0 Å². The third-order valence-electron chi connectivity index (χ3n) is 3.79. The van der Waals surface area contributed by atoms with Gasteiger partial charge in [-0.2, -0.15) is 5.10 Å². The second-order valence-electron chi connectivity index (χ2n) is 5.30. The summed E-state index contributed by atoms with van der Waals surface area (Å²) in [6.45, 7) is 4.13. The van der Waals surface area contributed by atoms with Crippen molar-refractivity contribution in [2.24, 2.45) is 7.05 Å². The van der Waals surface area contributed by atoms with Crippen molar-refractivity contribution in [2.75, 3.05) is 19.6 Å². The summed E-state index contributed by atoms with van der Waals surface area (Å²) in [5.74, 6) is 0.0217. The maximum atomic E-state index is 12.8. The molecule has 1 N–H and O–H groups in total. The fourth-order valence-corrected chi connectivity index (χ4v) is 2.78. The molecule has 1 aliphatic rings. The number of nitrogens with zero attached hydrogens (tertiary/aromatic N) is 4. The molecule has 22 heavy (non-hydrogen) atoms. The molecule has 1 unspecified atom stereocenters. The first-order valence-corrected chi connectivity index (χ1v) is 7.09. The lowest BCUT2D eigenvalue weighted by Crippen LogP contribution is -2.49. The molecular formula is C15H20ClN5O. The lowest BCUT2D eigenvalue weighted by atomic mass is 10.0. The number of rotatable bonds is 2. The highest BCUT2D eigenvalue weighted by molar-refractivity contribution is 5.93. The van der Waals surface area contributed by atoms with Crippen LogP contribution >= 0.6 is 12.4 Å². The van der Waals surface area contributed by atoms with Crippen molar-refractivity contribution in [3.05, 3.63) is 47.5 Å². The smallest absolute Gasteiger partial charge is 0.272 e. The van der Waals surface area contributed by atoms with Gasteiger partial charge in [0.15, 0.2) is 0 Å². The van der Waals surface area contributed by atoms with Gasteiger partial charge in [-0.15, -0.1) is 12.4 Å². The molecule has 0 aliphatic carbocycles. The van der Waals surface area contributed by atoms with Crippen LogP contribution < -0.4 is 5.32 Å². The van der Waals surface area contributed by atoms with Crippen molar-refractivity contribution >= 4 is 18.3 Å². The number of nitrogens with one attached hydrogen (secondary N) is 1. The van der Waals surface area contributed by atoms with Gasteiger partial charge in [-0.05, 0) is 24.6 Å². The van der Waals surface area contributed by atoms with Crippen LogP contribution in [0.15, 0.2) is 30.6 Å². The Morgan fingerprint density at radius 3 is 2.91 bits per heavy atom. The predicted molar refractivity (Wildman–Crippen MR) is 86.1 cm³/mol. The van der Waals surface area contributed by atoms with E-state index in [1.54, 1.807) is 10.9 Å². The second-order valence-corrected chi connectivity index (χ2v) is 5.30. The predicted octanol–water partition coefficient (Wildman–Crippen LogP) is 1.33. The Morgan fingerprint density at radius 2 is 2.27 bits per heavy atom. The average Bonchev–Trinajstić information content (AvgIpc) is 2.86. The third kappa shape index (κ3) is 3.13. The van der Waals surface area contributed by atoms with E-state index in [1.165, 1.54) is 0 Å². The summed E-state index contributed by atoms with van der Waals surface area (Å²) < 4.78 is 1.65. The zero-order valence-electron chi connectivity index (χ0n) is 12.7. The molecule has 2 aromatic heterocycles. The fraction of sp³-hybridized carbons (Fsp3) is 0.400. The average molecular weight is 322 g/mol. The van der Waals surface area contributed by atoms with E-state index >= 15 is 0 Å². The van der Waals surface area contributed by atoms with Crippen molar-refractivity contribution in [1.29, 1.82) is 0 Å². The highest BCUT2D eigenvalue weighted by Crippen LogP contribution is 2.23. The van der Waals surface area contributed by atoms with Crippen LogP contribution in [0.5, 0.6) is 0 Å². The maximum absolute atomic E-state index is 12.8. The van der Waals surface area contributed by atoms with Crippen LogP contribution in [0.25, 0.3) is 0 Å². The fourth-order valence-electron chi connectivity index (χ4n) is 2.78. The first-order valence-electron chi connectivity index (χ1n) is 7.09. The van der Waals surface area contributed by atoms with Crippen molar-refractivity contribution in [3.63, 3.8) is 0 Å². The number of aromatic nitrogens is 3. The maximum Gasteiger partial charge on any atom is 0.272 e. The minimum atomic E-state index is 0. The molecule has 1 atom stereocenters. The molecule has 0 spiro atoms. The Balaban J connectivity index is 0.00000176. The number of hydrogen-bond acceptors (Lipinski definition) is 4. The quantitative estimate of drug-likeness (QED) is 0.906. The number of hydrogen-bond donors (Lipinski definition) is 1. The largest absolute Gasteiger partial charge is 0.328 e. The van der Waals surface area contributed by atoms with Crippen molar-refractivity contribution in [3.8, 4) is 0 Å². The topological polar surface area (TPSA) is 63.1 Å². The van der Waals surface area contributed by atoms with Gasteiger partial charge in [0.25, 0.3) is 5.91 Å². The van der Waals surface area contributed by atoms with Crippen LogP contribution in [0.3, 0.4) is 0 Å². The van der Waals surface area contributed by atoms with Gasteiger partial charge in [-0.25, -0.2) is 0 Å². The van der Waals surface area contributed by atoms with Crippen LogP contribution in [-0.4, -0.2) is 45.2 Å². The Hall–Kier alpha value is -1.92. The molecule has 0 bridgehead atoms. The summed E-state index contributed by atoms with van der Waals surface area (Å²) >= 11 is 0. The van der Waals surface area contributed by atoms with Gasteiger partial charge in [0.1, 0.15) is 5.69 Å². The lowest BCUT2D eigenvalue weighted by molar-refractivity contribution is 0.0622. The van der Waals surface area contributed by atoms with Gasteiger partial charge in [0.05, 0.1) is 11.7 Å². The van der Waals surface area contributed by atoms with Crippen molar-refractivity contribution < 1.29 is 4.79 Å². The van der Waals surface area contributed by atoms with Gasteiger partial charge in [0.2, 0.25) is 0 Å². The van der Waals surface area contributed by atoms with E-state index in [-0.39, 0.29) is 24.4 Å². The normalized spacial score (nSPS) is 17.9. The summed E-state index contributed by atoms with van der Waals surface area (Å²) in [6, 6.07) is 5.76. The molecule has 1 fully saturated rings. The number of piperazine rings is 1. The van der Waals surface area contributed by atoms with Crippen molar-refractivity contribution in [2.45, 2.75) is 13.0 Å². The Morgan fingerprint density at radius 1 is 1.45 bits per heavy atom. The number of carbonyl (C=O) groups is 1. The summed E-state index contributed by atoms with van der Waals surface area (Å²) in [4.78, 5) is 18.9. The molecule has 7 heteroatoms. The molecule has 1 aliphatic heterocycles. The minimum absolute atomic E-state index is 0. The highest BCUT2D eigenvalue weighted by atomic mass is 35.5. The van der Waals surface area contributed by atoms with E-state index in [4.69, 9.17) is 0 Å². The molecule has 0 radical (unpaired) electrons. The number of halogens is 1. The third-order valence-corrected chi connectivity index (χ3v) is 3.79. The van der Waals surface area contributed by atoms with Gasteiger partial charge in [0, 0.05) is 39.1 Å². The Labute approximate surface area is 135 Å². The molecule has 1 saturated heterocycles. The second kappa shape index (κ2) is 6.89. The van der Waals surface area contributed by atoms with Gasteiger partial charge in [-0.1, -0.05) is 6.07 Å². The van der Waals surface area contributed by atoms with Gasteiger partial charge < -0.3 is 10.2 Å². The first kappa shape index (κ1) is 16.5. The standard InChI is InChI=1S/C15H19N5O.ClH/c1-11-8-13(19(2)18-11)15(21)20-7-6-17-10-14(20)12-4-3-5-16-9-12;/h3-5,8-9,14,17H,6-7,10H2,1-2H3;1H. The summed E-state index contributed by atoms with van der Waals surface area (Å²) in [7, 11) is 1.81. The summed E-state index contributed by atoms with van der Waals surface area (Å²) in [6.07, 6.45) is 3.57. The molecule has 2 aromatic rings. The van der Waals surface area contributed by atoms with Crippen LogP contribution in [0.1, 0.15) is 27.8 Å². The van der Waals surface area contributed by atoms with E-state index in [1.807, 2.05) is 43.3 Å². The monoisotopic (exact) mass is 321 g/mol. The van der Waals surface area contributed by atoms with Crippen LogP contribution in [0.2, 0.25) is 0 Å². The minimum Gasteiger partial charge on any atom is -0.328 e.